The summed E-state index contributed by atoms with van der Waals surface area (Å²) in [6.07, 6.45) is 0. The SMILES string of the molecule is Cc1ccc(NCc2cccc(OCC(=O)Nc3ccc(C)c(Cl)c3)c2)c(C)c1. The number of aryl methyl sites for hydroxylation is 3. The molecule has 0 heterocycles. The van der Waals surface area contributed by atoms with Crippen molar-refractivity contribution in [1.82, 2.24) is 0 Å². The molecule has 0 aliphatic rings. The fourth-order valence-corrected chi connectivity index (χ4v) is 3.15. The average molecular weight is 409 g/mol. The predicted octanol–water partition coefficient (Wildman–Crippen LogP) is 5.89. The lowest BCUT2D eigenvalue weighted by atomic mass is 10.1. The Hall–Kier alpha value is -2.98. The van der Waals surface area contributed by atoms with E-state index in [1.807, 2.05) is 43.3 Å². The van der Waals surface area contributed by atoms with Crippen LogP contribution in [0, 0.1) is 20.8 Å². The molecule has 0 fully saturated rings. The van der Waals surface area contributed by atoms with Crippen LogP contribution in [0.4, 0.5) is 11.4 Å². The first kappa shape index (κ1) is 20.7. The lowest BCUT2D eigenvalue weighted by Crippen LogP contribution is -2.20. The van der Waals surface area contributed by atoms with E-state index in [1.54, 1.807) is 6.07 Å². The molecule has 3 aromatic rings. The maximum absolute atomic E-state index is 12.2. The van der Waals surface area contributed by atoms with Crippen LogP contribution in [0.2, 0.25) is 5.02 Å². The number of amides is 1. The smallest absolute Gasteiger partial charge is 0.262 e. The molecule has 0 saturated carbocycles. The van der Waals surface area contributed by atoms with E-state index in [0.717, 1.165) is 16.8 Å². The van der Waals surface area contributed by atoms with Gasteiger partial charge in [-0.05, 0) is 67.8 Å². The molecule has 0 aliphatic carbocycles. The van der Waals surface area contributed by atoms with Gasteiger partial charge in [0, 0.05) is 22.9 Å². The predicted molar refractivity (Wildman–Crippen MR) is 120 cm³/mol. The molecule has 0 bridgehead atoms. The molecule has 0 saturated heterocycles. The molecule has 5 heteroatoms. The molecular formula is C24H25ClN2O2. The van der Waals surface area contributed by atoms with E-state index in [4.69, 9.17) is 16.3 Å². The summed E-state index contributed by atoms with van der Waals surface area (Å²) in [5.74, 6) is 0.422. The van der Waals surface area contributed by atoms with Gasteiger partial charge in [0.15, 0.2) is 6.61 Å². The van der Waals surface area contributed by atoms with Crippen molar-refractivity contribution in [3.05, 3.63) is 87.9 Å². The number of anilines is 2. The molecule has 2 N–H and O–H groups in total. The quantitative estimate of drug-likeness (QED) is 0.512. The Balaban J connectivity index is 1.53. The van der Waals surface area contributed by atoms with Crippen LogP contribution in [0.25, 0.3) is 0 Å². The van der Waals surface area contributed by atoms with E-state index < -0.39 is 0 Å². The minimum absolute atomic E-state index is 0.0700. The van der Waals surface area contributed by atoms with Gasteiger partial charge in [0.2, 0.25) is 0 Å². The number of rotatable bonds is 7. The number of benzene rings is 3. The number of nitrogens with one attached hydrogen (secondary N) is 2. The highest BCUT2D eigenvalue weighted by molar-refractivity contribution is 6.31. The van der Waals surface area contributed by atoms with Crippen LogP contribution >= 0.6 is 11.6 Å². The second-order valence-electron chi connectivity index (χ2n) is 7.12. The van der Waals surface area contributed by atoms with Gasteiger partial charge in [0.1, 0.15) is 5.75 Å². The normalized spacial score (nSPS) is 10.5. The Bertz CT molecular complexity index is 1020. The van der Waals surface area contributed by atoms with E-state index >= 15 is 0 Å². The largest absolute Gasteiger partial charge is 0.484 e. The summed E-state index contributed by atoms with van der Waals surface area (Å²) in [6.45, 7) is 6.70. The standard InChI is InChI=1S/C24H25ClN2O2/c1-16-7-10-23(18(3)11-16)26-14-19-5-4-6-21(12-19)29-15-24(28)27-20-9-8-17(2)22(25)13-20/h4-13,26H,14-15H2,1-3H3,(H,27,28). The van der Waals surface area contributed by atoms with Crippen molar-refractivity contribution in [2.75, 3.05) is 17.2 Å². The highest BCUT2D eigenvalue weighted by atomic mass is 35.5. The molecule has 0 aromatic heterocycles. The lowest BCUT2D eigenvalue weighted by Gasteiger charge is -2.12. The van der Waals surface area contributed by atoms with Crippen molar-refractivity contribution in [3.63, 3.8) is 0 Å². The van der Waals surface area contributed by atoms with Crippen LogP contribution in [-0.2, 0) is 11.3 Å². The van der Waals surface area contributed by atoms with Crippen molar-refractivity contribution in [3.8, 4) is 5.75 Å². The molecule has 3 aromatic carbocycles. The Labute approximate surface area is 176 Å². The molecule has 0 radical (unpaired) electrons. The summed E-state index contributed by atoms with van der Waals surface area (Å²) in [6, 6.07) is 19.5. The molecule has 0 aliphatic heterocycles. The third-order valence-corrected chi connectivity index (χ3v) is 5.00. The zero-order valence-corrected chi connectivity index (χ0v) is 17.6. The fourth-order valence-electron chi connectivity index (χ4n) is 2.97. The minimum atomic E-state index is -0.233. The summed E-state index contributed by atoms with van der Waals surface area (Å²) in [7, 11) is 0. The van der Waals surface area contributed by atoms with Crippen LogP contribution < -0.4 is 15.4 Å². The van der Waals surface area contributed by atoms with Gasteiger partial charge in [-0.3, -0.25) is 4.79 Å². The van der Waals surface area contributed by atoms with E-state index in [1.165, 1.54) is 11.1 Å². The second-order valence-corrected chi connectivity index (χ2v) is 7.53. The molecule has 0 atom stereocenters. The maximum Gasteiger partial charge on any atom is 0.262 e. The third-order valence-electron chi connectivity index (χ3n) is 4.59. The van der Waals surface area contributed by atoms with Gasteiger partial charge in [-0.1, -0.05) is 47.5 Å². The first-order valence-electron chi connectivity index (χ1n) is 9.49. The van der Waals surface area contributed by atoms with Crippen LogP contribution in [-0.4, -0.2) is 12.5 Å². The molecular weight excluding hydrogens is 384 g/mol. The number of hydrogen-bond acceptors (Lipinski definition) is 3. The van der Waals surface area contributed by atoms with Crippen molar-refractivity contribution in [2.24, 2.45) is 0 Å². The third kappa shape index (κ3) is 6.00. The number of halogens is 1. The number of hydrogen-bond donors (Lipinski definition) is 2. The van der Waals surface area contributed by atoms with Gasteiger partial charge in [0.25, 0.3) is 5.91 Å². The van der Waals surface area contributed by atoms with Gasteiger partial charge in [0.05, 0.1) is 0 Å². The van der Waals surface area contributed by atoms with Crippen LogP contribution in [0.15, 0.2) is 60.7 Å². The Morgan fingerprint density at radius 3 is 2.55 bits per heavy atom. The summed E-state index contributed by atoms with van der Waals surface area (Å²) < 4.78 is 5.65. The zero-order chi connectivity index (χ0) is 20.8. The number of ether oxygens (including phenoxy) is 1. The van der Waals surface area contributed by atoms with Gasteiger partial charge >= 0.3 is 0 Å². The Morgan fingerprint density at radius 2 is 1.79 bits per heavy atom. The first-order chi connectivity index (χ1) is 13.9. The zero-order valence-electron chi connectivity index (χ0n) is 16.9. The summed E-state index contributed by atoms with van der Waals surface area (Å²) in [5.41, 5.74) is 6.26. The Morgan fingerprint density at radius 1 is 0.966 bits per heavy atom. The van der Waals surface area contributed by atoms with E-state index in [9.17, 15) is 4.79 Å². The van der Waals surface area contributed by atoms with Gasteiger partial charge in [-0.25, -0.2) is 0 Å². The second kappa shape index (κ2) is 9.48. The summed E-state index contributed by atoms with van der Waals surface area (Å²) in [5, 5.41) is 6.85. The first-order valence-corrected chi connectivity index (χ1v) is 9.87. The molecule has 3 rings (SSSR count). The highest BCUT2D eigenvalue weighted by Crippen LogP contribution is 2.21. The van der Waals surface area contributed by atoms with Crippen molar-refractivity contribution < 1.29 is 9.53 Å². The lowest BCUT2D eigenvalue weighted by molar-refractivity contribution is -0.118. The van der Waals surface area contributed by atoms with Gasteiger partial charge in [-0.15, -0.1) is 0 Å². The Kier molecular flexibility index (Phi) is 6.78. The fraction of sp³-hybridized carbons (Fsp3) is 0.208. The maximum atomic E-state index is 12.2. The summed E-state index contributed by atoms with van der Waals surface area (Å²) in [4.78, 5) is 12.2. The van der Waals surface area contributed by atoms with Crippen molar-refractivity contribution in [1.29, 1.82) is 0 Å². The topological polar surface area (TPSA) is 50.4 Å². The number of carbonyl (C=O) groups is 1. The van der Waals surface area contributed by atoms with E-state index in [0.29, 0.717) is 23.0 Å². The average Bonchev–Trinajstić information content (AvgIpc) is 2.69. The molecule has 1 amide bonds. The van der Waals surface area contributed by atoms with Crippen LogP contribution in [0.3, 0.4) is 0 Å². The monoisotopic (exact) mass is 408 g/mol. The van der Waals surface area contributed by atoms with Crippen LogP contribution in [0.1, 0.15) is 22.3 Å². The van der Waals surface area contributed by atoms with Gasteiger partial charge in [-0.2, -0.15) is 0 Å². The number of carbonyl (C=O) groups excluding carboxylic acids is 1. The van der Waals surface area contributed by atoms with Gasteiger partial charge < -0.3 is 15.4 Å². The summed E-state index contributed by atoms with van der Waals surface area (Å²) >= 11 is 6.09. The molecule has 4 nitrogen and oxygen atoms in total. The molecule has 0 unspecified atom stereocenters. The van der Waals surface area contributed by atoms with Crippen LogP contribution in [0.5, 0.6) is 5.75 Å². The van der Waals surface area contributed by atoms with Crippen molar-refractivity contribution >= 4 is 28.9 Å². The van der Waals surface area contributed by atoms with E-state index in [-0.39, 0.29) is 12.5 Å². The molecule has 29 heavy (non-hydrogen) atoms. The van der Waals surface area contributed by atoms with E-state index in [2.05, 4.69) is 42.7 Å². The highest BCUT2D eigenvalue weighted by Gasteiger charge is 2.06. The minimum Gasteiger partial charge on any atom is -0.484 e. The van der Waals surface area contributed by atoms with Crippen molar-refractivity contribution in [2.45, 2.75) is 27.3 Å². The molecule has 150 valence electrons. The molecule has 0 spiro atoms.